The summed E-state index contributed by atoms with van der Waals surface area (Å²) in [5.74, 6) is -3.70. The minimum absolute atomic E-state index is 0.314. The Morgan fingerprint density at radius 2 is 0.790 bits per heavy atom. The van der Waals surface area contributed by atoms with Crippen molar-refractivity contribution in [3.05, 3.63) is 248 Å². The predicted octanol–water partition coefficient (Wildman–Crippen LogP) is 14.6. The number of aryl methyl sites for hydroxylation is 3. The van der Waals surface area contributed by atoms with Gasteiger partial charge in [0.15, 0.2) is 0 Å². The Balaban J connectivity index is 1.34. The Bertz CT molecular complexity index is 2650. The summed E-state index contributed by atoms with van der Waals surface area (Å²) in [6.07, 6.45) is 1.64. The summed E-state index contributed by atoms with van der Waals surface area (Å²) in [6, 6.07) is 43.6. The fraction of sp³-hybridized carbons (Fsp3) is 0.164. The molecule has 2 nitrogen and oxygen atoms in total. The second kappa shape index (κ2) is 17.0. The van der Waals surface area contributed by atoms with Crippen LogP contribution in [-0.2, 0) is 12.8 Å². The van der Waals surface area contributed by atoms with Crippen molar-refractivity contribution in [2.24, 2.45) is 0 Å². The largest absolute Gasteiger partial charge is 0.375 e. The molecule has 0 fully saturated rings. The maximum absolute atomic E-state index is 16.8. The number of halogens is 5. The summed E-state index contributed by atoms with van der Waals surface area (Å²) in [6.45, 7) is 6.44. The molecule has 7 heteroatoms. The second-order valence-corrected chi connectivity index (χ2v) is 16.2. The first kappa shape index (κ1) is 40.7. The number of nitrogens with one attached hydrogen (secondary N) is 2. The molecule has 62 heavy (non-hydrogen) atoms. The molecule has 8 aromatic rings. The molecular formula is C55H45F5N2. The van der Waals surface area contributed by atoms with E-state index in [0.717, 1.165) is 40.4 Å². The smallest absolute Gasteiger partial charge is 0.123 e. The first-order valence-corrected chi connectivity index (χ1v) is 21.1. The number of hydrogen-bond acceptors (Lipinski definition) is 2. The SMILES string of the molecule is CCc1cc(C)cc(CC)c1NC1c2cccc3cccc(c23)C1Nc1c(C(c2ccc(F)cc2)c2ccc(F)cc2)cc(F)cc1C(c1ccc(F)cc1)c1ccc(F)cc1. The third-order valence-corrected chi connectivity index (χ3v) is 12.4. The van der Waals surface area contributed by atoms with Crippen LogP contribution in [0.1, 0.15) is 99.0 Å². The van der Waals surface area contributed by atoms with Crippen LogP contribution in [0, 0.1) is 36.0 Å². The molecule has 9 rings (SSSR count). The van der Waals surface area contributed by atoms with Crippen molar-refractivity contribution in [2.75, 3.05) is 10.6 Å². The van der Waals surface area contributed by atoms with E-state index in [1.807, 2.05) is 6.07 Å². The van der Waals surface area contributed by atoms with Crippen molar-refractivity contribution in [3.63, 3.8) is 0 Å². The highest BCUT2D eigenvalue weighted by atomic mass is 19.1. The van der Waals surface area contributed by atoms with Gasteiger partial charge in [0.05, 0.1) is 12.1 Å². The number of anilines is 2. The van der Waals surface area contributed by atoms with Crippen LogP contribution in [0.15, 0.2) is 158 Å². The van der Waals surface area contributed by atoms with E-state index in [-0.39, 0.29) is 6.04 Å². The number of rotatable bonds is 12. The summed E-state index contributed by atoms with van der Waals surface area (Å²) >= 11 is 0. The minimum Gasteiger partial charge on any atom is -0.375 e. The van der Waals surface area contributed by atoms with Gasteiger partial charge in [-0.05, 0) is 147 Å². The maximum Gasteiger partial charge on any atom is 0.123 e. The normalized spacial score (nSPS) is 14.5. The van der Waals surface area contributed by atoms with Crippen LogP contribution in [0.25, 0.3) is 10.8 Å². The van der Waals surface area contributed by atoms with Crippen LogP contribution in [0.4, 0.5) is 33.3 Å². The molecule has 1 aliphatic carbocycles. The molecule has 0 spiro atoms. The van der Waals surface area contributed by atoms with E-state index in [4.69, 9.17) is 0 Å². The topological polar surface area (TPSA) is 24.1 Å². The van der Waals surface area contributed by atoms with Gasteiger partial charge in [0, 0.05) is 23.2 Å². The molecule has 0 bridgehead atoms. The zero-order valence-electron chi connectivity index (χ0n) is 34.6. The first-order chi connectivity index (χ1) is 30.1. The van der Waals surface area contributed by atoms with E-state index in [1.54, 1.807) is 48.5 Å². The average Bonchev–Trinajstić information content (AvgIpc) is 3.57. The van der Waals surface area contributed by atoms with Crippen LogP contribution < -0.4 is 10.6 Å². The van der Waals surface area contributed by atoms with Crippen LogP contribution in [-0.4, -0.2) is 0 Å². The van der Waals surface area contributed by atoms with Crippen molar-refractivity contribution in [3.8, 4) is 0 Å². The van der Waals surface area contributed by atoms with Crippen molar-refractivity contribution in [1.82, 2.24) is 0 Å². The Morgan fingerprint density at radius 3 is 1.15 bits per heavy atom. The fourth-order valence-corrected chi connectivity index (χ4v) is 9.59. The van der Waals surface area contributed by atoms with Gasteiger partial charge in [0.25, 0.3) is 0 Å². The molecule has 0 aliphatic heterocycles. The Labute approximate surface area is 359 Å². The van der Waals surface area contributed by atoms with E-state index < -0.39 is 47.0 Å². The van der Waals surface area contributed by atoms with Crippen LogP contribution in [0.2, 0.25) is 0 Å². The van der Waals surface area contributed by atoms with Gasteiger partial charge in [-0.15, -0.1) is 0 Å². The minimum atomic E-state index is -0.711. The van der Waals surface area contributed by atoms with Crippen molar-refractivity contribution >= 4 is 22.1 Å². The van der Waals surface area contributed by atoms with Crippen LogP contribution >= 0.6 is 0 Å². The van der Waals surface area contributed by atoms with E-state index in [0.29, 0.717) is 39.1 Å². The number of hydrogen-bond donors (Lipinski definition) is 2. The number of benzene rings is 8. The lowest BCUT2D eigenvalue weighted by Crippen LogP contribution is -2.25. The Hall–Kier alpha value is -6.73. The van der Waals surface area contributed by atoms with Crippen molar-refractivity contribution in [2.45, 2.75) is 57.5 Å². The van der Waals surface area contributed by atoms with Crippen molar-refractivity contribution < 1.29 is 22.0 Å². The molecule has 0 aromatic heterocycles. The molecule has 0 amide bonds. The van der Waals surface area contributed by atoms with E-state index >= 15 is 4.39 Å². The predicted molar refractivity (Wildman–Crippen MR) is 241 cm³/mol. The molecule has 310 valence electrons. The monoisotopic (exact) mass is 828 g/mol. The molecule has 0 saturated carbocycles. The summed E-state index contributed by atoms with van der Waals surface area (Å²) < 4.78 is 75.4. The lowest BCUT2D eigenvalue weighted by atomic mass is 9.78. The quantitative estimate of drug-likeness (QED) is 0.0947. The zero-order valence-corrected chi connectivity index (χ0v) is 34.6. The lowest BCUT2D eigenvalue weighted by molar-refractivity contribution is 0.617. The lowest BCUT2D eigenvalue weighted by Gasteiger charge is -2.33. The molecule has 2 atom stereocenters. The summed E-state index contributed by atoms with van der Waals surface area (Å²) in [4.78, 5) is 0. The third kappa shape index (κ3) is 7.72. The first-order valence-electron chi connectivity index (χ1n) is 21.1. The molecule has 2 unspecified atom stereocenters. The van der Waals surface area contributed by atoms with Gasteiger partial charge in [-0.1, -0.05) is 116 Å². The molecule has 0 radical (unpaired) electrons. The molecule has 8 aromatic carbocycles. The second-order valence-electron chi connectivity index (χ2n) is 16.2. The average molecular weight is 829 g/mol. The van der Waals surface area contributed by atoms with Gasteiger partial charge in [-0.25, -0.2) is 22.0 Å². The van der Waals surface area contributed by atoms with E-state index in [2.05, 4.69) is 73.9 Å². The molecule has 0 heterocycles. The third-order valence-electron chi connectivity index (χ3n) is 12.4. The summed E-state index contributed by atoms with van der Waals surface area (Å²) in [5.41, 5.74) is 11.1. The highest BCUT2D eigenvalue weighted by Gasteiger charge is 2.38. The molecule has 2 N–H and O–H groups in total. The van der Waals surface area contributed by atoms with Gasteiger partial charge in [-0.2, -0.15) is 0 Å². The van der Waals surface area contributed by atoms with Crippen molar-refractivity contribution in [1.29, 1.82) is 0 Å². The summed E-state index contributed by atoms with van der Waals surface area (Å²) in [7, 11) is 0. The zero-order chi connectivity index (χ0) is 43.1. The van der Waals surface area contributed by atoms with Gasteiger partial charge in [-0.3, -0.25) is 0 Å². The van der Waals surface area contributed by atoms with Crippen LogP contribution in [0.5, 0.6) is 0 Å². The van der Waals surface area contributed by atoms with Gasteiger partial charge < -0.3 is 10.6 Å². The Morgan fingerprint density at radius 1 is 0.435 bits per heavy atom. The van der Waals surface area contributed by atoms with Gasteiger partial charge in [0.1, 0.15) is 29.1 Å². The van der Waals surface area contributed by atoms with Gasteiger partial charge >= 0.3 is 0 Å². The fourth-order valence-electron chi connectivity index (χ4n) is 9.59. The van der Waals surface area contributed by atoms with E-state index in [1.165, 1.54) is 77.4 Å². The molecular weight excluding hydrogens is 784 g/mol. The molecule has 0 saturated heterocycles. The maximum atomic E-state index is 16.8. The Kier molecular flexibility index (Phi) is 11.1. The van der Waals surface area contributed by atoms with Crippen LogP contribution in [0.3, 0.4) is 0 Å². The highest BCUT2D eigenvalue weighted by molar-refractivity contribution is 5.93. The van der Waals surface area contributed by atoms with E-state index in [9.17, 15) is 17.6 Å². The summed E-state index contributed by atoms with van der Waals surface area (Å²) in [5, 5.41) is 10.3. The molecule has 1 aliphatic rings. The highest BCUT2D eigenvalue weighted by Crippen LogP contribution is 2.51. The van der Waals surface area contributed by atoms with Gasteiger partial charge in [0.2, 0.25) is 0 Å². The standard InChI is InChI=1S/C55H45F5N2/c1-4-33-28-32(3)29-34(5-2)52(33)61-54-45-10-6-8-35-9-7-11-46(51(35)45)55(54)62-53-47(49(36-12-20-40(56)21-13-36)37-14-22-41(57)23-15-37)30-44(60)31-48(53)50(38-16-24-42(58)25-17-38)39-18-26-43(59)27-19-39/h6-31,49-50,54-55,61-62H,4-5H2,1-3H3.